The van der Waals surface area contributed by atoms with Gasteiger partial charge in [-0.25, -0.2) is 4.98 Å². The molecule has 0 saturated carbocycles. The van der Waals surface area contributed by atoms with Crippen LogP contribution in [0.4, 0.5) is 0 Å². The molecule has 126 valence electrons. The maximum absolute atomic E-state index is 6.17. The van der Waals surface area contributed by atoms with E-state index in [1.807, 2.05) is 24.3 Å². The van der Waals surface area contributed by atoms with Crippen LogP contribution in [0.5, 0.6) is 5.75 Å². The summed E-state index contributed by atoms with van der Waals surface area (Å²) in [6.07, 6.45) is 2.30. The molecule has 4 rings (SSSR count). The zero-order valence-electron chi connectivity index (χ0n) is 14.5. The molecule has 0 amide bonds. The first kappa shape index (κ1) is 15.7. The van der Waals surface area contributed by atoms with Crippen LogP contribution < -0.4 is 4.74 Å². The van der Waals surface area contributed by atoms with E-state index in [0.29, 0.717) is 6.61 Å². The molecule has 3 nitrogen and oxygen atoms in total. The van der Waals surface area contributed by atoms with Crippen molar-refractivity contribution in [3.05, 3.63) is 72.6 Å². The van der Waals surface area contributed by atoms with Gasteiger partial charge in [0.05, 0.1) is 11.0 Å². The summed E-state index contributed by atoms with van der Waals surface area (Å²) in [5.74, 6) is 1.90. The van der Waals surface area contributed by atoms with Crippen molar-refractivity contribution in [1.82, 2.24) is 9.55 Å². The van der Waals surface area contributed by atoms with Crippen LogP contribution in [0.2, 0.25) is 0 Å². The molecule has 0 unspecified atom stereocenters. The third kappa shape index (κ3) is 3.10. The molecule has 0 fully saturated rings. The predicted octanol–water partition coefficient (Wildman–Crippen LogP) is 5.57. The van der Waals surface area contributed by atoms with Gasteiger partial charge in [0.1, 0.15) is 18.2 Å². The summed E-state index contributed by atoms with van der Waals surface area (Å²) < 4.78 is 8.47. The molecule has 0 N–H and O–H groups in total. The molecule has 0 aliphatic carbocycles. The summed E-state index contributed by atoms with van der Waals surface area (Å²) in [5.41, 5.74) is 2.22. The molecule has 25 heavy (non-hydrogen) atoms. The fraction of sp³-hybridized carbons (Fsp3) is 0.227. The SMILES string of the molecule is CCCCn1c(COc2cccc3ccccc23)nc2ccccc21. The molecule has 1 heterocycles. The van der Waals surface area contributed by atoms with Gasteiger partial charge in [-0.2, -0.15) is 0 Å². The number of aromatic nitrogens is 2. The first-order valence-electron chi connectivity index (χ1n) is 8.91. The van der Waals surface area contributed by atoms with Gasteiger partial charge in [-0.3, -0.25) is 0 Å². The van der Waals surface area contributed by atoms with E-state index >= 15 is 0 Å². The number of para-hydroxylation sites is 2. The number of benzene rings is 3. The average molecular weight is 330 g/mol. The first-order chi connectivity index (χ1) is 12.4. The number of aryl methyl sites for hydroxylation is 1. The zero-order valence-corrected chi connectivity index (χ0v) is 14.5. The summed E-state index contributed by atoms with van der Waals surface area (Å²) in [5, 5.41) is 2.33. The average Bonchev–Trinajstić information content (AvgIpc) is 3.02. The second kappa shape index (κ2) is 6.98. The van der Waals surface area contributed by atoms with E-state index in [4.69, 9.17) is 9.72 Å². The fourth-order valence-corrected chi connectivity index (χ4v) is 3.27. The molecule has 0 saturated heterocycles. The molecule has 0 aliphatic rings. The lowest BCUT2D eigenvalue weighted by atomic mass is 10.1. The molecule has 0 atom stereocenters. The second-order valence-electron chi connectivity index (χ2n) is 6.29. The van der Waals surface area contributed by atoms with Gasteiger partial charge >= 0.3 is 0 Å². The van der Waals surface area contributed by atoms with Gasteiger partial charge in [0, 0.05) is 11.9 Å². The number of nitrogens with zero attached hydrogens (tertiary/aromatic N) is 2. The van der Waals surface area contributed by atoms with E-state index < -0.39 is 0 Å². The van der Waals surface area contributed by atoms with Crippen LogP contribution in [0.25, 0.3) is 21.8 Å². The van der Waals surface area contributed by atoms with Gasteiger partial charge < -0.3 is 9.30 Å². The van der Waals surface area contributed by atoms with Gasteiger partial charge in [-0.1, -0.05) is 61.9 Å². The molecule has 0 bridgehead atoms. The minimum Gasteiger partial charge on any atom is -0.485 e. The lowest BCUT2D eigenvalue weighted by molar-refractivity contribution is 0.293. The number of rotatable bonds is 6. The van der Waals surface area contributed by atoms with Crippen LogP contribution in [0.1, 0.15) is 25.6 Å². The third-order valence-corrected chi connectivity index (χ3v) is 4.58. The quantitative estimate of drug-likeness (QED) is 0.462. The largest absolute Gasteiger partial charge is 0.485 e. The Morgan fingerprint density at radius 3 is 2.64 bits per heavy atom. The summed E-state index contributed by atoms with van der Waals surface area (Å²) in [6, 6.07) is 22.8. The number of imidazole rings is 1. The van der Waals surface area contributed by atoms with Gasteiger partial charge in [0.25, 0.3) is 0 Å². The fourth-order valence-electron chi connectivity index (χ4n) is 3.27. The predicted molar refractivity (Wildman–Crippen MR) is 103 cm³/mol. The number of unbranched alkanes of at least 4 members (excludes halogenated alkanes) is 1. The van der Waals surface area contributed by atoms with Crippen LogP contribution in [0.3, 0.4) is 0 Å². The number of hydrogen-bond acceptors (Lipinski definition) is 2. The molecule has 0 aliphatic heterocycles. The van der Waals surface area contributed by atoms with Crippen LogP contribution >= 0.6 is 0 Å². The zero-order chi connectivity index (χ0) is 17.1. The van der Waals surface area contributed by atoms with Gasteiger partial charge in [-0.15, -0.1) is 0 Å². The van der Waals surface area contributed by atoms with Crippen molar-refractivity contribution in [2.45, 2.75) is 32.9 Å². The highest BCUT2D eigenvalue weighted by molar-refractivity contribution is 5.88. The Kier molecular flexibility index (Phi) is 4.38. The molecule has 0 radical (unpaired) electrons. The van der Waals surface area contributed by atoms with E-state index in [1.54, 1.807) is 0 Å². The Balaban J connectivity index is 1.66. The Bertz CT molecular complexity index is 998. The lowest BCUT2D eigenvalue weighted by Crippen LogP contribution is -2.07. The second-order valence-corrected chi connectivity index (χ2v) is 6.29. The summed E-state index contributed by atoms with van der Waals surface area (Å²) >= 11 is 0. The topological polar surface area (TPSA) is 27.1 Å². The van der Waals surface area contributed by atoms with Crippen molar-refractivity contribution in [3.63, 3.8) is 0 Å². The van der Waals surface area contributed by atoms with E-state index in [-0.39, 0.29) is 0 Å². The van der Waals surface area contributed by atoms with E-state index in [1.165, 1.54) is 10.9 Å². The molecule has 1 aromatic heterocycles. The standard InChI is InChI=1S/C22H22N2O/c1-2-3-15-24-20-13-7-6-12-19(20)23-22(24)16-25-21-14-8-10-17-9-4-5-11-18(17)21/h4-14H,2-3,15-16H2,1H3. The third-order valence-electron chi connectivity index (χ3n) is 4.58. The van der Waals surface area contributed by atoms with E-state index in [2.05, 4.69) is 54.0 Å². The summed E-state index contributed by atoms with van der Waals surface area (Å²) in [4.78, 5) is 4.80. The summed E-state index contributed by atoms with van der Waals surface area (Å²) in [7, 11) is 0. The van der Waals surface area contributed by atoms with Crippen molar-refractivity contribution in [2.24, 2.45) is 0 Å². The minimum absolute atomic E-state index is 0.479. The van der Waals surface area contributed by atoms with Crippen LogP contribution in [-0.4, -0.2) is 9.55 Å². The number of hydrogen-bond donors (Lipinski definition) is 0. The molecular formula is C22H22N2O. The smallest absolute Gasteiger partial charge is 0.147 e. The van der Waals surface area contributed by atoms with Crippen molar-refractivity contribution in [1.29, 1.82) is 0 Å². The highest BCUT2D eigenvalue weighted by atomic mass is 16.5. The van der Waals surface area contributed by atoms with Gasteiger partial charge in [0.2, 0.25) is 0 Å². The summed E-state index contributed by atoms with van der Waals surface area (Å²) in [6.45, 7) is 3.67. The maximum Gasteiger partial charge on any atom is 0.147 e. The maximum atomic E-state index is 6.17. The molecular weight excluding hydrogens is 308 g/mol. The number of ether oxygens (including phenoxy) is 1. The minimum atomic E-state index is 0.479. The monoisotopic (exact) mass is 330 g/mol. The highest BCUT2D eigenvalue weighted by Gasteiger charge is 2.11. The molecule has 3 heteroatoms. The van der Waals surface area contributed by atoms with Crippen LogP contribution in [-0.2, 0) is 13.2 Å². The number of fused-ring (bicyclic) bond motifs is 2. The van der Waals surface area contributed by atoms with Gasteiger partial charge in [0.15, 0.2) is 0 Å². The Morgan fingerprint density at radius 2 is 1.72 bits per heavy atom. The van der Waals surface area contributed by atoms with Crippen molar-refractivity contribution >= 4 is 21.8 Å². The highest BCUT2D eigenvalue weighted by Crippen LogP contribution is 2.26. The lowest BCUT2D eigenvalue weighted by Gasteiger charge is -2.11. The van der Waals surface area contributed by atoms with E-state index in [0.717, 1.165) is 41.9 Å². The van der Waals surface area contributed by atoms with Crippen molar-refractivity contribution in [3.8, 4) is 5.75 Å². The normalized spacial score (nSPS) is 11.2. The van der Waals surface area contributed by atoms with E-state index in [9.17, 15) is 0 Å². The Hall–Kier alpha value is -2.81. The molecule has 0 spiro atoms. The Morgan fingerprint density at radius 1 is 0.920 bits per heavy atom. The van der Waals surface area contributed by atoms with Crippen molar-refractivity contribution in [2.75, 3.05) is 0 Å². The molecule has 3 aromatic carbocycles. The Labute approximate surface area is 147 Å². The molecule has 4 aromatic rings. The first-order valence-corrected chi connectivity index (χ1v) is 8.91. The van der Waals surface area contributed by atoms with Crippen LogP contribution in [0.15, 0.2) is 66.7 Å². The van der Waals surface area contributed by atoms with Gasteiger partial charge in [-0.05, 0) is 30.0 Å². The van der Waals surface area contributed by atoms with Crippen molar-refractivity contribution < 1.29 is 4.74 Å². The van der Waals surface area contributed by atoms with Crippen LogP contribution in [0, 0.1) is 0 Å².